The fraction of sp³-hybridized carbons (Fsp3) is 0.300. The van der Waals surface area contributed by atoms with E-state index in [4.69, 9.17) is 4.42 Å². The predicted octanol–water partition coefficient (Wildman–Crippen LogP) is 6.79. The van der Waals surface area contributed by atoms with Gasteiger partial charge in [-0.2, -0.15) is 22.0 Å². The van der Waals surface area contributed by atoms with Crippen LogP contribution in [0.15, 0.2) is 75.9 Å². The van der Waals surface area contributed by atoms with Crippen LogP contribution in [0.25, 0.3) is 33.6 Å². The summed E-state index contributed by atoms with van der Waals surface area (Å²) in [5, 5.41) is 7.03. The van der Waals surface area contributed by atoms with Gasteiger partial charge in [0.05, 0.1) is 23.1 Å². The van der Waals surface area contributed by atoms with Crippen LogP contribution in [-0.4, -0.2) is 44.4 Å². The molecule has 42 heavy (non-hydrogen) atoms. The largest absolute Gasteiger partial charge is 0.416 e. The van der Waals surface area contributed by atoms with Crippen LogP contribution < -0.4 is 5.69 Å². The maximum Gasteiger partial charge on any atom is 0.416 e. The van der Waals surface area contributed by atoms with E-state index in [-0.39, 0.29) is 24.2 Å². The molecule has 1 fully saturated rings. The molecule has 1 saturated heterocycles. The molecule has 0 amide bonds. The first-order valence-corrected chi connectivity index (χ1v) is 13.4. The highest BCUT2D eigenvalue weighted by molar-refractivity contribution is 5.83. The van der Waals surface area contributed by atoms with Gasteiger partial charge in [-0.25, -0.2) is 4.79 Å². The third-order valence-corrected chi connectivity index (χ3v) is 7.73. The highest BCUT2D eigenvalue weighted by Gasteiger charge is 2.30. The Morgan fingerprint density at radius 1 is 0.881 bits per heavy atom. The van der Waals surface area contributed by atoms with E-state index in [2.05, 4.69) is 15.1 Å². The van der Waals surface area contributed by atoms with Crippen molar-refractivity contribution in [2.45, 2.75) is 38.0 Å². The Hall–Kier alpha value is -4.32. The minimum atomic E-state index is -4.43. The van der Waals surface area contributed by atoms with Crippen LogP contribution in [0, 0.1) is 0 Å². The lowest BCUT2D eigenvalue weighted by molar-refractivity contribution is -0.137. The first-order valence-electron chi connectivity index (χ1n) is 13.4. The van der Waals surface area contributed by atoms with Gasteiger partial charge in [0.25, 0.3) is 5.89 Å². The number of fused-ring (bicyclic) bond motifs is 1. The molecule has 1 aliphatic heterocycles. The van der Waals surface area contributed by atoms with Crippen molar-refractivity contribution in [3.05, 3.63) is 94.2 Å². The van der Waals surface area contributed by atoms with Crippen molar-refractivity contribution >= 4 is 11.0 Å². The van der Waals surface area contributed by atoms with Crippen LogP contribution >= 0.6 is 0 Å². The summed E-state index contributed by atoms with van der Waals surface area (Å²) < 4.78 is 73.5. The summed E-state index contributed by atoms with van der Waals surface area (Å²) >= 11 is 0. The number of hydrogen-bond donors (Lipinski definition) is 0. The fourth-order valence-electron chi connectivity index (χ4n) is 5.44. The number of benzene rings is 3. The van der Waals surface area contributed by atoms with Gasteiger partial charge in [0.15, 0.2) is 0 Å². The summed E-state index contributed by atoms with van der Waals surface area (Å²) in [6.07, 6.45) is -5.67. The zero-order chi connectivity index (χ0) is 29.6. The summed E-state index contributed by atoms with van der Waals surface area (Å²) in [7, 11) is 2.05. The zero-order valence-electron chi connectivity index (χ0n) is 22.5. The first-order chi connectivity index (χ1) is 20.1. The molecule has 5 aromatic rings. The van der Waals surface area contributed by atoms with Crippen molar-refractivity contribution in [2.24, 2.45) is 0 Å². The molecule has 0 N–H and O–H groups in total. The molecule has 1 aliphatic rings. The summed E-state index contributed by atoms with van der Waals surface area (Å²) in [6, 6.07) is 17.3. The number of piperidine rings is 1. The summed E-state index contributed by atoms with van der Waals surface area (Å²) in [6.45, 7) is 1.94. The molecule has 7 nitrogen and oxygen atoms in total. The second kappa shape index (κ2) is 10.8. The minimum Gasteiger partial charge on any atom is -0.415 e. The van der Waals surface area contributed by atoms with Crippen LogP contribution in [-0.2, 0) is 12.7 Å². The van der Waals surface area contributed by atoms with E-state index in [1.54, 1.807) is 28.8 Å². The van der Waals surface area contributed by atoms with E-state index in [1.165, 1.54) is 12.1 Å². The van der Waals surface area contributed by atoms with E-state index in [9.17, 15) is 26.7 Å². The van der Waals surface area contributed by atoms with E-state index >= 15 is 0 Å². The van der Waals surface area contributed by atoms with Crippen molar-refractivity contribution in [1.82, 2.24) is 24.2 Å². The molecule has 0 saturated carbocycles. The number of hydrogen-bond acceptors (Lipinski definition) is 5. The number of aromatic nitrogens is 4. The van der Waals surface area contributed by atoms with Crippen molar-refractivity contribution in [1.29, 1.82) is 0 Å². The highest BCUT2D eigenvalue weighted by atomic mass is 19.4. The molecule has 0 atom stereocenters. The number of halogens is 5. The molecule has 0 unspecified atom stereocenters. The van der Waals surface area contributed by atoms with E-state index in [0.29, 0.717) is 22.2 Å². The molecule has 6 rings (SSSR count). The first kappa shape index (κ1) is 27.8. The second-order valence-corrected chi connectivity index (χ2v) is 10.5. The average Bonchev–Trinajstić information content (AvgIpc) is 3.57. The van der Waals surface area contributed by atoms with Crippen LogP contribution in [0.4, 0.5) is 22.0 Å². The van der Waals surface area contributed by atoms with Crippen molar-refractivity contribution < 1.29 is 26.4 Å². The molecular weight excluding hydrogens is 557 g/mol. The van der Waals surface area contributed by atoms with Crippen molar-refractivity contribution in [2.75, 3.05) is 20.1 Å². The topological polar surface area (TPSA) is 69.1 Å². The Kier molecular flexibility index (Phi) is 7.17. The van der Waals surface area contributed by atoms with Gasteiger partial charge in [0, 0.05) is 11.6 Å². The van der Waals surface area contributed by atoms with Crippen molar-refractivity contribution in [3.8, 4) is 22.6 Å². The number of rotatable bonds is 6. The minimum absolute atomic E-state index is 0.0123. The average molecular weight is 584 g/mol. The Labute approximate surface area is 236 Å². The third kappa shape index (κ3) is 5.34. The summed E-state index contributed by atoms with van der Waals surface area (Å²) in [4.78, 5) is 16.1. The smallest absolute Gasteiger partial charge is 0.415 e. The zero-order valence-corrected chi connectivity index (χ0v) is 22.5. The standard InChI is InChI=1S/C30H26F5N5O2/c1-38-14-12-23(13-15-38)40-24-11-8-21(19-6-9-22(10-7-19)30(33,34)35)16-25(24)39(29(40)41)17-18-2-4-20(5-3-18)27-36-37-28(42-27)26(31)32/h2-11,16,23,26H,12-15,17H2,1H3. The quantitative estimate of drug-likeness (QED) is 0.206. The van der Waals surface area contributed by atoms with E-state index in [0.717, 1.165) is 49.1 Å². The molecule has 0 radical (unpaired) electrons. The molecule has 3 heterocycles. The van der Waals surface area contributed by atoms with Gasteiger partial charge in [0.2, 0.25) is 5.89 Å². The lowest BCUT2D eigenvalue weighted by Gasteiger charge is -2.29. The monoisotopic (exact) mass is 583 g/mol. The number of imidazole rings is 1. The van der Waals surface area contributed by atoms with Gasteiger partial charge in [-0.15, -0.1) is 10.2 Å². The lowest BCUT2D eigenvalue weighted by atomic mass is 10.0. The number of alkyl halides is 5. The van der Waals surface area contributed by atoms with Crippen LogP contribution in [0.5, 0.6) is 0 Å². The maximum atomic E-state index is 13.9. The van der Waals surface area contributed by atoms with Crippen LogP contribution in [0.3, 0.4) is 0 Å². The predicted molar refractivity (Wildman–Crippen MR) is 146 cm³/mol. The van der Waals surface area contributed by atoms with Crippen molar-refractivity contribution in [3.63, 3.8) is 0 Å². The highest BCUT2D eigenvalue weighted by Crippen LogP contribution is 2.33. The SMILES string of the molecule is CN1CCC(n2c(=O)n(Cc3ccc(-c4nnc(C(F)F)o4)cc3)c3cc(-c4ccc(C(F)(F)F)cc4)ccc32)CC1. The van der Waals surface area contributed by atoms with Gasteiger partial charge in [-0.1, -0.05) is 30.3 Å². The van der Waals surface area contributed by atoms with Crippen LogP contribution in [0.1, 0.15) is 42.3 Å². The summed E-state index contributed by atoms with van der Waals surface area (Å²) in [5.41, 5.74) is 3.04. The maximum absolute atomic E-state index is 13.9. The van der Waals surface area contributed by atoms with E-state index in [1.807, 2.05) is 29.8 Å². The number of likely N-dealkylation sites (tertiary alicyclic amines) is 1. The van der Waals surface area contributed by atoms with Gasteiger partial charge in [-0.3, -0.25) is 9.13 Å². The van der Waals surface area contributed by atoms with Gasteiger partial charge in [0.1, 0.15) is 0 Å². The molecular formula is C30H26F5N5O2. The molecule has 12 heteroatoms. The van der Waals surface area contributed by atoms with Gasteiger partial charge >= 0.3 is 18.3 Å². The van der Waals surface area contributed by atoms with E-state index < -0.39 is 24.1 Å². The molecule has 3 aromatic carbocycles. The second-order valence-electron chi connectivity index (χ2n) is 10.5. The Bertz CT molecular complexity index is 1760. The molecule has 0 spiro atoms. The Morgan fingerprint density at radius 2 is 1.52 bits per heavy atom. The molecule has 218 valence electrons. The molecule has 0 aliphatic carbocycles. The summed E-state index contributed by atoms with van der Waals surface area (Å²) in [5.74, 6) is -0.791. The van der Waals surface area contributed by atoms with Gasteiger partial charge in [-0.05, 0) is 86.1 Å². The lowest BCUT2D eigenvalue weighted by Crippen LogP contribution is -2.36. The number of nitrogens with zero attached hydrogens (tertiary/aromatic N) is 5. The Morgan fingerprint density at radius 3 is 2.14 bits per heavy atom. The normalized spacial score (nSPS) is 15.2. The van der Waals surface area contributed by atoms with Crippen LogP contribution in [0.2, 0.25) is 0 Å². The fourth-order valence-corrected chi connectivity index (χ4v) is 5.44. The molecule has 0 bridgehead atoms. The van der Waals surface area contributed by atoms with Gasteiger partial charge < -0.3 is 9.32 Å². The third-order valence-electron chi connectivity index (χ3n) is 7.73. The Balaban J connectivity index is 1.38. The molecule has 2 aromatic heterocycles.